The maximum Gasteiger partial charge on any atom is 0.130 e. The summed E-state index contributed by atoms with van der Waals surface area (Å²) >= 11 is 0. The van der Waals surface area contributed by atoms with Crippen LogP contribution in [0.15, 0.2) is 11.6 Å². The minimum Gasteiger partial charge on any atom is -0.393 e. The first kappa shape index (κ1) is 16.6. The van der Waals surface area contributed by atoms with Gasteiger partial charge in [0.05, 0.1) is 12.2 Å². The number of hydrogen-bond acceptors (Lipinski definition) is 3. The number of fused-ring (bicyclic) bond motifs is 5. The molecule has 0 spiro atoms. The van der Waals surface area contributed by atoms with Crippen molar-refractivity contribution in [1.82, 2.24) is 0 Å². The monoisotopic (exact) mass is 330 g/mol. The van der Waals surface area contributed by atoms with Gasteiger partial charge in [0.15, 0.2) is 0 Å². The minimum atomic E-state index is -1.09. The third-order valence-corrected chi connectivity index (χ3v) is 8.40. The van der Waals surface area contributed by atoms with Gasteiger partial charge in [0.25, 0.3) is 0 Å². The summed E-state index contributed by atoms with van der Waals surface area (Å²) in [5.74, 6) is 3.64. The minimum absolute atomic E-state index is 0.0141. The Labute approximate surface area is 145 Å². The van der Waals surface area contributed by atoms with Gasteiger partial charge in [-0.25, -0.2) is 0 Å². The van der Waals surface area contributed by atoms with Crippen molar-refractivity contribution < 1.29 is 15.3 Å². The van der Waals surface area contributed by atoms with Crippen LogP contribution in [0.3, 0.4) is 0 Å². The molecular formula is C21H30O3. The molecule has 0 bridgehead atoms. The zero-order valence-corrected chi connectivity index (χ0v) is 14.8. The lowest BCUT2D eigenvalue weighted by molar-refractivity contribution is -0.151. The van der Waals surface area contributed by atoms with Crippen molar-refractivity contribution in [3.8, 4) is 12.3 Å². The van der Waals surface area contributed by atoms with E-state index < -0.39 is 17.1 Å². The molecule has 3 N–H and O–H groups in total. The van der Waals surface area contributed by atoms with Crippen LogP contribution in [0.25, 0.3) is 0 Å². The smallest absolute Gasteiger partial charge is 0.130 e. The Morgan fingerprint density at radius 2 is 1.96 bits per heavy atom. The lowest BCUT2D eigenvalue weighted by Gasteiger charge is -2.60. The molecule has 0 radical (unpaired) electrons. The van der Waals surface area contributed by atoms with Crippen molar-refractivity contribution in [1.29, 1.82) is 0 Å². The van der Waals surface area contributed by atoms with Crippen LogP contribution in [0, 0.1) is 40.9 Å². The fourth-order valence-corrected chi connectivity index (χ4v) is 7.02. The molecule has 0 aromatic heterocycles. The molecule has 4 rings (SSSR count). The number of aliphatic hydroxyl groups is 3. The highest BCUT2D eigenvalue weighted by Gasteiger charge is 2.65. The lowest BCUT2D eigenvalue weighted by Crippen LogP contribution is -2.59. The predicted molar refractivity (Wildman–Crippen MR) is 92.9 cm³/mol. The summed E-state index contributed by atoms with van der Waals surface area (Å²) in [6.45, 7) is 4.38. The first-order chi connectivity index (χ1) is 11.2. The van der Waals surface area contributed by atoms with Gasteiger partial charge in [-0.3, -0.25) is 0 Å². The molecule has 4 aliphatic carbocycles. The summed E-state index contributed by atoms with van der Waals surface area (Å²) in [6, 6.07) is 0. The Bertz CT molecular complexity index is 619. The molecule has 3 nitrogen and oxygen atoms in total. The fraction of sp³-hybridized carbons (Fsp3) is 0.810. The number of allylic oxidation sites excluding steroid dienone is 1. The van der Waals surface area contributed by atoms with Gasteiger partial charge in [-0.15, -0.1) is 6.42 Å². The zero-order valence-electron chi connectivity index (χ0n) is 14.8. The lowest BCUT2D eigenvalue weighted by atomic mass is 9.46. The largest absolute Gasteiger partial charge is 0.393 e. The topological polar surface area (TPSA) is 60.7 Å². The molecule has 3 saturated carbocycles. The molecule has 3 heteroatoms. The van der Waals surface area contributed by atoms with Crippen LogP contribution in [0.2, 0.25) is 0 Å². The average molecular weight is 330 g/mol. The quantitative estimate of drug-likeness (QED) is 0.473. The van der Waals surface area contributed by atoms with Crippen LogP contribution in [0.1, 0.15) is 58.8 Å². The van der Waals surface area contributed by atoms with Crippen LogP contribution >= 0.6 is 0 Å². The molecule has 8 atom stereocenters. The number of aliphatic hydroxyl groups excluding tert-OH is 2. The van der Waals surface area contributed by atoms with Crippen molar-refractivity contribution in [2.75, 3.05) is 0 Å². The van der Waals surface area contributed by atoms with Crippen molar-refractivity contribution in [2.45, 2.75) is 76.6 Å². The molecule has 132 valence electrons. The summed E-state index contributed by atoms with van der Waals surface area (Å²) in [6.07, 6.45) is 13.0. The molecule has 3 fully saturated rings. The van der Waals surface area contributed by atoms with E-state index in [0.29, 0.717) is 24.7 Å². The maximum atomic E-state index is 11.1. The number of rotatable bonds is 0. The number of terminal acetylenes is 1. The van der Waals surface area contributed by atoms with E-state index in [-0.39, 0.29) is 17.4 Å². The van der Waals surface area contributed by atoms with Gasteiger partial charge in [0, 0.05) is 5.41 Å². The summed E-state index contributed by atoms with van der Waals surface area (Å²) in [7, 11) is 0. The van der Waals surface area contributed by atoms with E-state index in [0.717, 1.165) is 32.1 Å². The van der Waals surface area contributed by atoms with E-state index in [4.69, 9.17) is 6.42 Å². The van der Waals surface area contributed by atoms with E-state index in [1.165, 1.54) is 5.57 Å². The van der Waals surface area contributed by atoms with E-state index >= 15 is 0 Å². The zero-order chi connectivity index (χ0) is 17.3. The molecule has 0 amide bonds. The highest BCUT2D eigenvalue weighted by atomic mass is 16.3. The SMILES string of the molecule is C#CC1(O)CC[C@H]2[C@@H]3CC=C4CC(O)CC[C@]4(C)[C@@H]3C(O)C[C@@]21C. The highest BCUT2D eigenvalue weighted by molar-refractivity contribution is 5.30. The second-order valence-electron chi connectivity index (χ2n) is 9.31. The second-order valence-corrected chi connectivity index (χ2v) is 9.31. The molecule has 0 aromatic rings. The molecule has 0 heterocycles. The Hall–Kier alpha value is -0.820. The fourth-order valence-electron chi connectivity index (χ4n) is 7.02. The summed E-state index contributed by atoms with van der Waals surface area (Å²) < 4.78 is 0. The normalized spacial score (nSPS) is 56.5. The first-order valence-corrected chi connectivity index (χ1v) is 9.51. The third kappa shape index (κ3) is 1.91. The van der Waals surface area contributed by atoms with Crippen LogP contribution in [-0.4, -0.2) is 33.1 Å². The van der Waals surface area contributed by atoms with Gasteiger partial charge in [-0.2, -0.15) is 0 Å². The van der Waals surface area contributed by atoms with Crippen LogP contribution in [-0.2, 0) is 0 Å². The van der Waals surface area contributed by atoms with Crippen molar-refractivity contribution in [3.63, 3.8) is 0 Å². The van der Waals surface area contributed by atoms with Gasteiger partial charge in [-0.05, 0) is 68.1 Å². The standard InChI is InChI=1S/C21H30O3/c1-4-21(24)10-8-16-15-6-5-13-11-14(22)7-9-19(13,2)18(15)17(23)12-20(16,21)3/h1,5,14-18,22-24H,6-12H2,2-3H3/t14?,15-,16-,17?,18-,19-,20-,21?/m0/s1. The Balaban J connectivity index is 1.75. The van der Waals surface area contributed by atoms with Gasteiger partial charge < -0.3 is 15.3 Å². The summed E-state index contributed by atoms with van der Waals surface area (Å²) in [5.41, 5.74) is -0.148. The second kappa shape index (κ2) is 5.10. The molecule has 0 aromatic carbocycles. The van der Waals surface area contributed by atoms with Gasteiger partial charge in [0.2, 0.25) is 0 Å². The molecule has 0 saturated heterocycles. The van der Waals surface area contributed by atoms with Gasteiger partial charge in [0.1, 0.15) is 5.60 Å². The Morgan fingerprint density at radius 1 is 1.21 bits per heavy atom. The van der Waals surface area contributed by atoms with Gasteiger partial charge in [-0.1, -0.05) is 31.4 Å². The third-order valence-electron chi connectivity index (χ3n) is 8.40. The van der Waals surface area contributed by atoms with E-state index in [9.17, 15) is 15.3 Å². The van der Waals surface area contributed by atoms with Crippen molar-refractivity contribution in [3.05, 3.63) is 11.6 Å². The Morgan fingerprint density at radius 3 is 2.67 bits per heavy atom. The van der Waals surface area contributed by atoms with E-state index in [1.807, 2.05) is 0 Å². The van der Waals surface area contributed by atoms with E-state index in [1.54, 1.807) is 0 Å². The summed E-state index contributed by atoms with van der Waals surface area (Å²) in [4.78, 5) is 0. The highest BCUT2D eigenvalue weighted by Crippen LogP contribution is 2.66. The van der Waals surface area contributed by atoms with Crippen molar-refractivity contribution in [2.24, 2.45) is 28.6 Å². The van der Waals surface area contributed by atoms with Crippen LogP contribution < -0.4 is 0 Å². The molecule has 0 aliphatic heterocycles. The molecular weight excluding hydrogens is 300 g/mol. The maximum absolute atomic E-state index is 11.1. The average Bonchev–Trinajstić information content (AvgIpc) is 2.79. The van der Waals surface area contributed by atoms with E-state index in [2.05, 4.69) is 25.8 Å². The number of hydrogen-bond donors (Lipinski definition) is 3. The van der Waals surface area contributed by atoms with Crippen LogP contribution in [0.4, 0.5) is 0 Å². The summed E-state index contributed by atoms with van der Waals surface area (Å²) in [5, 5.41) is 32.2. The molecule has 3 unspecified atom stereocenters. The van der Waals surface area contributed by atoms with Crippen LogP contribution in [0.5, 0.6) is 0 Å². The van der Waals surface area contributed by atoms with Gasteiger partial charge >= 0.3 is 0 Å². The predicted octanol–water partition coefficient (Wildman–Crippen LogP) is 2.65. The molecule has 4 aliphatic rings. The first-order valence-electron chi connectivity index (χ1n) is 9.51. The Kier molecular flexibility index (Phi) is 3.53. The van der Waals surface area contributed by atoms with Crippen molar-refractivity contribution >= 4 is 0 Å². The molecule has 24 heavy (non-hydrogen) atoms.